The van der Waals surface area contributed by atoms with E-state index in [0.717, 1.165) is 0 Å². The maximum absolute atomic E-state index is 12.0. The Bertz CT molecular complexity index is 494. The van der Waals surface area contributed by atoms with Crippen LogP contribution in [-0.4, -0.2) is 26.2 Å². The highest BCUT2D eigenvalue weighted by molar-refractivity contribution is 9.11. The summed E-state index contributed by atoms with van der Waals surface area (Å²) < 4.78 is 27.0. The SMILES string of the molecule is C[C@@H](O)CNS(=O)(=O)c1c(Br)cc(N)cc1Br. The van der Waals surface area contributed by atoms with Gasteiger partial charge in [0.05, 0.1) is 6.10 Å². The summed E-state index contributed by atoms with van der Waals surface area (Å²) in [7, 11) is -3.69. The maximum atomic E-state index is 12.0. The average Bonchev–Trinajstić information content (AvgIpc) is 2.12. The zero-order valence-corrected chi connectivity index (χ0v) is 12.9. The van der Waals surface area contributed by atoms with E-state index in [-0.39, 0.29) is 11.4 Å². The van der Waals surface area contributed by atoms with Gasteiger partial charge in [0.2, 0.25) is 10.0 Å². The largest absolute Gasteiger partial charge is 0.399 e. The van der Waals surface area contributed by atoms with Gasteiger partial charge < -0.3 is 10.8 Å². The normalized spacial score (nSPS) is 13.6. The molecule has 0 saturated carbocycles. The molecule has 0 fully saturated rings. The number of halogens is 2. The smallest absolute Gasteiger partial charge is 0.242 e. The maximum Gasteiger partial charge on any atom is 0.242 e. The number of nitrogen functional groups attached to an aromatic ring is 1. The molecule has 0 radical (unpaired) electrons. The molecule has 0 unspecified atom stereocenters. The molecule has 1 atom stereocenters. The van der Waals surface area contributed by atoms with Crippen molar-refractivity contribution in [3.8, 4) is 0 Å². The number of benzene rings is 1. The number of aliphatic hydroxyl groups excluding tert-OH is 1. The topological polar surface area (TPSA) is 92.4 Å². The highest BCUT2D eigenvalue weighted by Crippen LogP contribution is 2.32. The molecule has 0 bridgehead atoms. The highest BCUT2D eigenvalue weighted by Gasteiger charge is 2.21. The molecule has 0 amide bonds. The first-order chi connectivity index (χ1) is 7.74. The zero-order chi connectivity index (χ0) is 13.2. The van der Waals surface area contributed by atoms with Crippen molar-refractivity contribution in [2.24, 2.45) is 0 Å². The van der Waals surface area contributed by atoms with Crippen molar-refractivity contribution in [1.82, 2.24) is 4.72 Å². The third-order valence-corrected chi connectivity index (χ3v) is 5.16. The monoisotopic (exact) mass is 386 g/mol. The Morgan fingerprint density at radius 2 is 1.88 bits per heavy atom. The summed E-state index contributed by atoms with van der Waals surface area (Å²) in [6.07, 6.45) is -0.754. The van der Waals surface area contributed by atoms with E-state index < -0.39 is 16.1 Å². The minimum Gasteiger partial charge on any atom is -0.399 e. The van der Waals surface area contributed by atoms with E-state index in [1.165, 1.54) is 19.1 Å². The van der Waals surface area contributed by atoms with E-state index in [9.17, 15) is 8.42 Å². The van der Waals surface area contributed by atoms with Gasteiger partial charge in [0.15, 0.2) is 0 Å². The molecule has 0 aliphatic carbocycles. The molecular formula is C9H12Br2N2O3S. The van der Waals surface area contributed by atoms with Gasteiger partial charge in [-0.1, -0.05) is 0 Å². The molecule has 0 saturated heterocycles. The van der Waals surface area contributed by atoms with E-state index in [4.69, 9.17) is 10.8 Å². The van der Waals surface area contributed by atoms with Gasteiger partial charge in [-0.05, 0) is 50.9 Å². The average molecular weight is 388 g/mol. The Morgan fingerprint density at radius 3 is 2.29 bits per heavy atom. The fourth-order valence-electron chi connectivity index (χ4n) is 1.14. The molecule has 1 aromatic rings. The van der Waals surface area contributed by atoms with Crippen LogP contribution in [0.25, 0.3) is 0 Å². The summed E-state index contributed by atoms with van der Waals surface area (Å²) in [5, 5.41) is 9.07. The fourth-order valence-corrected chi connectivity index (χ4v) is 4.88. The van der Waals surface area contributed by atoms with Crippen LogP contribution in [0, 0.1) is 0 Å². The lowest BCUT2D eigenvalue weighted by Crippen LogP contribution is -2.31. The van der Waals surface area contributed by atoms with E-state index in [0.29, 0.717) is 14.6 Å². The highest BCUT2D eigenvalue weighted by atomic mass is 79.9. The predicted molar refractivity (Wildman–Crippen MR) is 73.1 cm³/mol. The Kier molecular flexibility index (Phi) is 4.96. The van der Waals surface area contributed by atoms with E-state index >= 15 is 0 Å². The Labute approximate surface area is 117 Å². The molecule has 1 rings (SSSR count). The first kappa shape index (κ1) is 14.9. The first-order valence-corrected chi connectivity index (χ1v) is 7.73. The van der Waals surface area contributed by atoms with Crippen molar-refractivity contribution >= 4 is 47.6 Å². The van der Waals surface area contributed by atoms with Crippen molar-refractivity contribution in [3.63, 3.8) is 0 Å². The van der Waals surface area contributed by atoms with Crippen molar-refractivity contribution in [3.05, 3.63) is 21.1 Å². The lowest BCUT2D eigenvalue weighted by molar-refractivity contribution is 0.198. The van der Waals surface area contributed by atoms with Gasteiger partial charge in [0, 0.05) is 21.2 Å². The number of anilines is 1. The second kappa shape index (κ2) is 5.66. The second-order valence-electron chi connectivity index (χ2n) is 3.51. The summed E-state index contributed by atoms with van der Waals surface area (Å²) in [6, 6.07) is 3.00. The minimum absolute atomic E-state index is 0.0500. The molecule has 0 aromatic heterocycles. The fraction of sp³-hybridized carbons (Fsp3) is 0.333. The molecule has 5 nitrogen and oxygen atoms in total. The number of hydrogen-bond donors (Lipinski definition) is 3. The second-order valence-corrected chi connectivity index (χ2v) is 6.93. The van der Waals surface area contributed by atoms with Gasteiger partial charge in [0.1, 0.15) is 4.90 Å². The molecule has 0 spiro atoms. The van der Waals surface area contributed by atoms with Crippen LogP contribution in [0.4, 0.5) is 5.69 Å². The molecule has 0 aliphatic heterocycles. The number of nitrogens with one attached hydrogen (secondary N) is 1. The van der Waals surface area contributed by atoms with Crippen LogP contribution >= 0.6 is 31.9 Å². The van der Waals surface area contributed by atoms with Crippen LogP contribution in [0.3, 0.4) is 0 Å². The first-order valence-electron chi connectivity index (χ1n) is 4.66. The lowest BCUT2D eigenvalue weighted by Gasteiger charge is -2.12. The van der Waals surface area contributed by atoms with Crippen molar-refractivity contribution in [2.75, 3.05) is 12.3 Å². The predicted octanol–water partition coefficient (Wildman–Crippen LogP) is 1.45. The van der Waals surface area contributed by atoms with Crippen molar-refractivity contribution < 1.29 is 13.5 Å². The van der Waals surface area contributed by atoms with Gasteiger partial charge in [-0.15, -0.1) is 0 Å². The number of sulfonamides is 1. The third kappa shape index (κ3) is 3.92. The molecule has 1 aromatic carbocycles. The number of hydrogen-bond acceptors (Lipinski definition) is 4. The van der Waals surface area contributed by atoms with Crippen LogP contribution in [0.5, 0.6) is 0 Å². The van der Waals surface area contributed by atoms with Crippen LogP contribution in [0.15, 0.2) is 26.0 Å². The molecule has 17 heavy (non-hydrogen) atoms. The summed E-state index contributed by atoms with van der Waals surface area (Å²) in [5.41, 5.74) is 6.02. The zero-order valence-electron chi connectivity index (χ0n) is 8.94. The number of rotatable bonds is 4. The molecule has 0 heterocycles. The molecule has 96 valence electrons. The van der Waals surface area contributed by atoms with Crippen LogP contribution in [-0.2, 0) is 10.0 Å². The van der Waals surface area contributed by atoms with Crippen molar-refractivity contribution in [2.45, 2.75) is 17.9 Å². The summed E-state index contributed by atoms with van der Waals surface area (Å²) in [5.74, 6) is 0. The molecule has 0 aliphatic rings. The lowest BCUT2D eigenvalue weighted by atomic mass is 10.3. The number of aliphatic hydroxyl groups is 1. The molecule has 4 N–H and O–H groups in total. The van der Waals surface area contributed by atoms with Crippen LogP contribution < -0.4 is 10.5 Å². The standard InChI is InChI=1S/C9H12Br2N2O3S/c1-5(14)4-13-17(15,16)9-7(10)2-6(12)3-8(9)11/h2-3,5,13-14H,4,12H2,1H3/t5-/m1/s1. The van der Waals surface area contributed by atoms with E-state index in [1.807, 2.05) is 0 Å². The van der Waals surface area contributed by atoms with E-state index in [2.05, 4.69) is 36.6 Å². The Morgan fingerprint density at radius 1 is 1.41 bits per heavy atom. The van der Waals surface area contributed by atoms with Gasteiger partial charge in [-0.25, -0.2) is 13.1 Å². The van der Waals surface area contributed by atoms with Gasteiger partial charge in [-0.2, -0.15) is 0 Å². The summed E-state index contributed by atoms with van der Waals surface area (Å²) in [6.45, 7) is 1.45. The van der Waals surface area contributed by atoms with Gasteiger partial charge >= 0.3 is 0 Å². The van der Waals surface area contributed by atoms with Gasteiger partial charge in [-0.3, -0.25) is 0 Å². The molecule has 8 heteroatoms. The number of nitrogens with two attached hydrogens (primary N) is 1. The third-order valence-electron chi connectivity index (χ3n) is 1.86. The Hall–Kier alpha value is -0.150. The van der Waals surface area contributed by atoms with Crippen molar-refractivity contribution in [1.29, 1.82) is 0 Å². The van der Waals surface area contributed by atoms with Crippen LogP contribution in [0.2, 0.25) is 0 Å². The van der Waals surface area contributed by atoms with Crippen LogP contribution in [0.1, 0.15) is 6.92 Å². The molecular weight excluding hydrogens is 376 g/mol. The summed E-state index contributed by atoms with van der Waals surface area (Å²) >= 11 is 6.30. The Balaban J connectivity index is 3.16. The summed E-state index contributed by atoms with van der Waals surface area (Å²) in [4.78, 5) is 0.0624. The minimum atomic E-state index is -3.69. The van der Waals surface area contributed by atoms with E-state index in [1.54, 1.807) is 0 Å². The quantitative estimate of drug-likeness (QED) is 0.681. The van der Waals surface area contributed by atoms with Gasteiger partial charge in [0.25, 0.3) is 0 Å².